The molecule has 0 aromatic heterocycles. The molecule has 0 fully saturated rings. The van der Waals surface area contributed by atoms with Gasteiger partial charge in [-0.15, -0.1) is 0 Å². The van der Waals surface area contributed by atoms with E-state index in [-0.39, 0.29) is 11.9 Å². The lowest BCUT2D eigenvalue weighted by Gasteiger charge is -2.21. The Balaban J connectivity index is 1.46. The Morgan fingerprint density at radius 1 is 0.964 bits per heavy atom. The fraction of sp³-hybridized carbons (Fsp3) is 0.435. The minimum absolute atomic E-state index is 0.135. The van der Waals surface area contributed by atoms with Gasteiger partial charge in [0.2, 0.25) is 0 Å². The van der Waals surface area contributed by atoms with Crippen LogP contribution in [0.15, 0.2) is 42.5 Å². The first-order valence-electron chi connectivity index (χ1n) is 9.91. The Kier molecular flexibility index (Phi) is 6.80. The van der Waals surface area contributed by atoms with Gasteiger partial charge < -0.3 is 19.5 Å². The Labute approximate surface area is 167 Å². The zero-order chi connectivity index (χ0) is 19.9. The van der Waals surface area contributed by atoms with E-state index in [1.54, 1.807) is 14.0 Å². The summed E-state index contributed by atoms with van der Waals surface area (Å²) in [5, 5.41) is 2.94. The Morgan fingerprint density at radius 3 is 2.32 bits per heavy atom. The summed E-state index contributed by atoms with van der Waals surface area (Å²) >= 11 is 0. The average Bonchev–Trinajstić information content (AvgIpc) is 2.72. The van der Waals surface area contributed by atoms with Crippen LogP contribution in [0.5, 0.6) is 17.2 Å². The summed E-state index contributed by atoms with van der Waals surface area (Å²) < 4.78 is 16.7. The van der Waals surface area contributed by atoms with E-state index in [4.69, 9.17) is 14.2 Å². The van der Waals surface area contributed by atoms with E-state index in [2.05, 4.69) is 17.4 Å². The predicted octanol–water partition coefficient (Wildman–Crippen LogP) is 3.93. The van der Waals surface area contributed by atoms with Crippen molar-refractivity contribution in [2.45, 2.75) is 51.7 Å². The van der Waals surface area contributed by atoms with Crippen molar-refractivity contribution < 1.29 is 19.0 Å². The molecule has 0 aliphatic heterocycles. The zero-order valence-corrected chi connectivity index (χ0v) is 16.9. The molecule has 2 aromatic rings. The van der Waals surface area contributed by atoms with Gasteiger partial charge in [0.05, 0.1) is 13.2 Å². The lowest BCUT2D eigenvalue weighted by atomic mass is 9.92. The first-order chi connectivity index (χ1) is 13.5. The van der Waals surface area contributed by atoms with E-state index >= 15 is 0 Å². The smallest absolute Gasteiger partial charge is 0.261 e. The maximum absolute atomic E-state index is 12.4. The van der Waals surface area contributed by atoms with Crippen molar-refractivity contribution >= 4 is 5.91 Å². The minimum Gasteiger partial charge on any atom is -0.497 e. The van der Waals surface area contributed by atoms with Crippen LogP contribution >= 0.6 is 0 Å². The van der Waals surface area contributed by atoms with Crippen molar-refractivity contribution in [3.63, 3.8) is 0 Å². The monoisotopic (exact) mass is 383 g/mol. The summed E-state index contributed by atoms with van der Waals surface area (Å²) in [7, 11) is 1.63. The number of nitrogens with one attached hydrogen (secondary N) is 1. The first kappa shape index (κ1) is 20.1. The number of hydrogen-bond donors (Lipinski definition) is 1. The van der Waals surface area contributed by atoms with Gasteiger partial charge in [-0.05, 0) is 87.1 Å². The van der Waals surface area contributed by atoms with Crippen molar-refractivity contribution in [3.05, 3.63) is 53.6 Å². The second-order valence-electron chi connectivity index (χ2n) is 7.29. The number of fused-ring (bicyclic) bond motifs is 1. The van der Waals surface area contributed by atoms with Gasteiger partial charge in [0.15, 0.2) is 6.10 Å². The third-order valence-electron chi connectivity index (χ3n) is 4.95. The summed E-state index contributed by atoms with van der Waals surface area (Å²) in [6.45, 7) is 4.06. The molecule has 5 nitrogen and oxygen atoms in total. The van der Waals surface area contributed by atoms with Gasteiger partial charge in [-0.1, -0.05) is 6.07 Å². The normalized spacial score (nSPS) is 15.1. The molecule has 0 unspecified atom stereocenters. The number of methoxy groups -OCH3 is 1. The summed E-state index contributed by atoms with van der Waals surface area (Å²) in [5.74, 6) is 2.12. The molecule has 0 radical (unpaired) electrons. The molecule has 28 heavy (non-hydrogen) atoms. The molecule has 0 saturated heterocycles. The van der Waals surface area contributed by atoms with E-state index in [9.17, 15) is 4.79 Å². The van der Waals surface area contributed by atoms with Crippen LogP contribution in [-0.2, 0) is 17.6 Å². The molecule has 1 N–H and O–H groups in total. The highest BCUT2D eigenvalue weighted by Gasteiger charge is 2.18. The molecule has 0 saturated carbocycles. The number of ether oxygens (including phenoxy) is 3. The summed E-state index contributed by atoms with van der Waals surface area (Å²) in [6.07, 6.45) is 4.13. The second-order valence-corrected chi connectivity index (χ2v) is 7.29. The molecule has 1 aliphatic rings. The number of hydrogen-bond acceptors (Lipinski definition) is 4. The number of aryl methyl sites for hydroxylation is 2. The fourth-order valence-corrected chi connectivity index (χ4v) is 3.34. The van der Waals surface area contributed by atoms with Crippen molar-refractivity contribution in [3.8, 4) is 17.2 Å². The summed E-state index contributed by atoms with van der Waals surface area (Å²) in [4.78, 5) is 12.4. The molecule has 0 spiro atoms. The number of rotatable bonds is 8. The van der Waals surface area contributed by atoms with Crippen molar-refractivity contribution in [1.82, 2.24) is 5.32 Å². The van der Waals surface area contributed by atoms with Crippen LogP contribution in [0.25, 0.3) is 0 Å². The SMILES string of the molecule is COc1ccc(OC[C@H](C)NC(=O)[C@@H](C)Oc2ccc3c(c2)CCCC3)cc1. The molecular weight excluding hydrogens is 354 g/mol. The average molecular weight is 383 g/mol. The van der Waals surface area contributed by atoms with Crippen LogP contribution in [0, 0.1) is 0 Å². The van der Waals surface area contributed by atoms with Crippen LogP contribution < -0.4 is 19.5 Å². The molecule has 0 bridgehead atoms. The van der Waals surface area contributed by atoms with E-state index in [0.29, 0.717) is 6.61 Å². The molecule has 1 aliphatic carbocycles. The highest BCUT2D eigenvalue weighted by atomic mass is 16.5. The van der Waals surface area contributed by atoms with Gasteiger partial charge in [0, 0.05) is 0 Å². The van der Waals surface area contributed by atoms with Gasteiger partial charge in [-0.3, -0.25) is 4.79 Å². The Bertz CT molecular complexity index is 788. The largest absolute Gasteiger partial charge is 0.497 e. The maximum Gasteiger partial charge on any atom is 0.261 e. The van der Waals surface area contributed by atoms with Gasteiger partial charge in [0.1, 0.15) is 23.9 Å². The number of carbonyl (C=O) groups excluding carboxylic acids is 1. The van der Waals surface area contributed by atoms with E-state index in [1.165, 1.54) is 24.0 Å². The first-order valence-corrected chi connectivity index (χ1v) is 9.91. The highest BCUT2D eigenvalue weighted by Crippen LogP contribution is 2.26. The topological polar surface area (TPSA) is 56.8 Å². The van der Waals surface area contributed by atoms with Crippen LogP contribution in [0.4, 0.5) is 0 Å². The Morgan fingerprint density at radius 2 is 1.61 bits per heavy atom. The molecule has 2 aromatic carbocycles. The van der Waals surface area contributed by atoms with Crippen LogP contribution in [0.3, 0.4) is 0 Å². The summed E-state index contributed by atoms with van der Waals surface area (Å²) in [5.41, 5.74) is 2.75. The fourth-order valence-electron chi connectivity index (χ4n) is 3.34. The lowest BCUT2D eigenvalue weighted by Crippen LogP contribution is -2.43. The van der Waals surface area contributed by atoms with Crippen molar-refractivity contribution in [1.29, 1.82) is 0 Å². The van der Waals surface area contributed by atoms with E-state index in [0.717, 1.165) is 30.1 Å². The Hall–Kier alpha value is -2.69. The molecule has 3 rings (SSSR count). The van der Waals surface area contributed by atoms with Crippen LogP contribution in [0.2, 0.25) is 0 Å². The van der Waals surface area contributed by atoms with Crippen LogP contribution in [0.1, 0.15) is 37.8 Å². The number of carbonyl (C=O) groups is 1. The molecular formula is C23H29NO4. The molecule has 5 heteroatoms. The second kappa shape index (κ2) is 9.49. The third-order valence-corrected chi connectivity index (χ3v) is 4.95. The molecule has 2 atom stereocenters. The van der Waals surface area contributed by atoms with E-state index in [1.807, 2.05) is 37.3 Å². The standard InChI is InChI=1S/C23H29NO4/c1-16(15-27-21-12-10-20(26-3)11-13-21)24-23(25)17(2)28-22-9-8-18-6-4-5-7-19(18)14-22/h8-14,16-17H,4-7,15H2,1-3H3,(H,24,25)/t16-,17+/m0/s1. The number of amides is 1. The zero-order valence-electron chi connectivity index (χ0n) is 16.9. The third kappa shape index (κ3) is 5.41. The van der Waals surface area contributed by atoms with E-state index < -0.39 is 6.10 Å². The lowest BCUT2D eigenvalue weighted by molar-refractivity contribution is -0.128. The number of benzene rings is 2. The molecule has 0 heterocycles. The van der Waals surface area contributed by atoms with Gasteiger partial charge in [0.25, 0.3) is 5.91 Å². The quantitative estimate of drug-likeness (QED) is 0.751. The summed E-state index contributed by atoms with van der Waals surface area (Å²) in [6, 6.07) is 13.4. The maximum atomic E-state index is 12.4. The van der Waals surface area contributed by atoms with Gasteiger partial charge >= 0.3 is 0 Å². The van der Waals surface area contributed by atoms with Gasteiger partial charge in [-0.2, -0.15) is 0 Å². The predicted molar refractivity (Wildman–Crippen MR) is 109 cm³/mol. The highest BCUT2D eigenvalue weighted by molar-refractivity contribution is 5.81. The molecule has 150 valence electrons. The van der Waals surface area contributed by atoms with Crippen LogP contribution in [-0.4, -0.2) is 31.8 Å². The minimum atomic E-state index is -0.565. The molecule has 1 amide bonds. The van der Waals surface area contributed by atoms with Crippen molar-refractivity contribution in [2.24, 2.45) is 0 Å². The van der Waals surface area contributed by atoms with Crippen molar-refractivity contribution in [2.75, 3.05) is 13.7 Å². The van der Waals surface area contributed by atoms with Gasteiger partial charge in [-0.25, -0.2) is 0 Å².